The number of aromatic nitrogens is 4. The molecule has 4 heterocycles. The molecule has 2 aliphatic rings. The van der Waals surface area contributed by atoms with Gasteiger partial charge in [0.25, 0.3) is 5.56 Å². The van der Waals surface area contributed by atoms with E-state index in [2.05, 4.69) is 39.4 Å². The van der Waals surface area contributed by atoms with Gasteiger partial charge >= 0.3 is 0 Å². The van der Waals surface area contributed by atoms with Gasteiger partial charge in [-0.1, -0.05) is 42.5 Å². The van der Waals surface area contributed by atoms with Crippen LogP contribution >= 0.6 is 0 Å². The molecule has 0 aliphatic carbocycles. The number of piperazine rings is 1. The highest BCUT2D eigenvalue weighted by Crippen LogP contribution is 2.19. The maximum atomic E-state index is 13.3. The molecule has 4 aromatic rings. The van der Waals surface area contributed by atoms with Gasteiger partial charge in [-0.05, 0) is 30.5 Å². The second-order valence-corrected chi connectivity index (χ2v) is 10.0. The SMILES string of the molecule is O=C(Cc1nnc2n(CC3CCOC3)c(=O)c3ccccc3n12)N1CCN(CCc2ccccc2)CC1. The van der Waals surface area contributed by atoms with Crippen LogP contribution in [0.3, 0.4) is 0 Å². The van der Waals surface area contributed by atoms with E-state index in [1.165, 1.54) is 5.56 Å². The Kier molecular flexibility index (Phi) is 6.72. The van der Waals surface area contributed by atoms with E-state index < -0.39 is 0 Å². The maximum Gasteiger partial charge on any atom is 0.262 e. The van der Waals surface area contributed by atoms with E-state index in [9.17, 15) is 9.59 Å². The van der Waals surface area contributed by atoms with Crippen molar-refractivity contribution in [3.8, 4) is 0 Å². The average Bonchev–Trinajstić information content (AvgIpc) is 3.61. The number of hydrogen-bond acceptors (Lipinski definition) is 6. The molecule has 2 aromatic carbocycles. The summed E-state index contributed by atoms with van der Waals surface area (Å²) in [4.78, 5) is 31.0. The van der Waals surface area contributed by atoms with Crippen LogP contribution in [0, 0.1) is 5.92 Å². The molecule has 6 rings (SSSR count). The summed E-state index contributed by atoms with van der Waals surface area (Å²) >= 11 is 0. The summed E-state index contributed by atoms with van der Waals surface area (Å²) < 4.78 is 9.12. The molecule has 1 atom stereocenters. The number of nitrogens with zero attached hydrogens (tertiary/aromatic N) is 6. The fraction of sp³-hybridized carbons (Fsp3) is 0.429. The molecule has 0 spiro atoms. The normalized spacial score (nSPS) is 18.7. The van der Waals surface area contributed by atoms with Crippen molar-refractivity contribution < 1.29 is 9.53 Å². The van der Waals surface area contributed by atoms with Crippen LogP contribution in [0.25, 0.3) is 16.7 Å². The molecule has 37 heavy (non-hydrogen) atoms. The molecule has 9 heteroatoms. The third-order valence-corrected chi connectivity index (χ3v) is 7.63. The molecule has 0 radical (unpaired) electrons. The van der Waals surface area contributed by atoms with Crippen LogP contribution in [0.1, 0.15) is 17.8 Å². The summed E-state index contributed by atoms with van der Waals surface area (Å²) in [6.45, 7) is 6.03. The number of carbonyl (C=O) groups is 1. The van der Waals surface area contributed by atoms with Crippen LogP contribution in [0.5, 0.6) is 0 Å². The van der Waals surface area contributed by atoms with Gasteiger partial charge < -0.3 is 9.64 Å². The molecule has 2 fully saturated rings. The van der Waals surface area contributed by atoms with Crippen LogP contribution in [0.15, 0.2) is 59.4 Å². The third-order valence-electron chi connectivity index (χ3n) is 7.63. The van der Waals surface area contributed by atoms with Crippen molar-refractivity contribution in [3.63, 3.8) is 0 Å². The fourth-order valence-electron chi connectivity index (χ4n) is 5.48. The third kappa shape index (κ3) is 4.89. The molecule has 1 unspecified atom stereocenters. The average molecular weight is 501 g/mol. The topological polar surface area (TPSA) is 85.0 Å². The van der Waals surface area contributed by atoms with E-state index in [0.717, 1.165) is 44.6 Å². The lowest BCUT2D eigenvalue weighted by molar-refractivity contribution is -0.132. The molecule has 1 amide bonds. The standard InChI is InChI=1S/C28H32N6O3/c35-26(32-15-13-31(14-16-32)12-10-21-6-2-1-3-7-21)18-25-29-30-28-33(19-22-11-17-37-20-22)27(36)23-8-4-5-9-24(23)34(25)28/h1-9,22H,10-20H2. The first kappa shape index (κ1) is 23.8. The monoisotopic (exact) mass is 500 g/mol. The van der Waals surface area contributed by atoms with E-state index in [1.54, 1.807) is 4.57 Å². The molecular formula is C28H32N6O3. The van der Waals surface area contributed by atoms with E-state index in [-0.39, 0.29) is 23.8 Å². The summed E-state index contributed by atoms with van der Waals surface area (Å²) in [7, 11) is 0. The molecule has 0 N–H and O–H groups in total. The fourth-order valence-corrected chi connectivity index (χ4v) is 5.48. The van der Waals surface area contributed by atoms with E-state index in [4.69, 9.17) is 4.74 Å². The largest absolute Gasteiger partial charge is 0.381 e. The lowest BCUT2D eigenvalue weighted by Crippen LogP contribution is -2.49. The molecule has 192 valence electrons. The van der Waals surface area contributed by atoms with Gasteiger partial charge in [0.15, 0.2) is 0 Å². The first-order valence-electron chi connectivity index (χ1n) is 13.1. The zero-order chi connectivity index (χ0) is 25.2. The minimum Gasteiger partial charge on any atom is -0.381 e. The summed E-state index contributed by atoms with van der Waals surface area (Å²) in [6, 6.07) is 18.0. The Labute approximate surface area is 215 Å². The molecule has 0 saturated carbocycles. The Bertz CT molecular complexity index is 1450. The first-order chi connectivity index (χ1) is 18.2. The number of fused-ring (bicyclic) bond motifs is 3. The minimum absolute atomic E-state index is 0.0445. The predicted octanol–water partition coefficient (Wildman–Crippen LogP) is 2.01. The van der Waals surface area contributed by atoms with E-state index in [0.29, 0.717) is 43.2 Å². The number of hydrogen-bond donors (Lipinski definition) is 0. The Hall–Kier alpha value is -3.56. The molecule has 2 aromatic heterocycles. The zero-order valence-electron chi connectivity index (χ0n) is 21.0. The quantitative estimate of drug-likeness (QED) is 0.386. The van der Waals surface area contributed by atoms with Gasteiger partial charge in [0, 0.05) is 51.8 Å². The Morgan fingerprint density at radius 3 is 2.54 bits per heavy atom. The second kappa shape index (κ2) is 10.4. The first-order valence-corrected chi connectivity index (χ1v) is 13.1. The molecule has 0 bridgehead atoms. The lowest BCUT2D eigenvalue weighted by Gasteiger charge is -2.34. The van der Waals surface area contributed by atoms with Gasteiger partial charge in [0.2, 0.25) is 11.7 Å². The van der Waals surface area contributed by atoms with Gasteiger partial charge in [0.1, 0.15) is 5.82 Å². The Balaban J connectivity index is 1.19. The highest BCUT2D eigenvalue weighted by Gasteiger charge is 2.25. The number of carbonyl (C=O) groups excluding carboxylic acids is 1. The Morgan fingerprint density at radius 2 is 1.76 bits per heavy atom. The number of benzene rings is 2. The van der Waals surface area contributed by atoms with Crippen molar-refractivity contribution in [1.82, 2.24) is 29.0 Å². The highest BCUT2D eigenvalue weighted by molar-refractivity contribution is 5.82. The zero-order valence-corrected chi connectivity index (χ0v) is 21.0. The molecule has 2 aliphatic heterocycles. The van der Waals surface area contributed by atoms with Gasteiger partial charge in [-0.3, -0.25) is 23.5 Å². The number of ether oxygens (including phenoxy) is 1. The maximum absolute atomic E-state index is 13.3. The van der Waals surface area contributed by atoms with E-state index >= 15 is 0 Å². The van der Waals surface area contributed by atoms with Crippen LogP contribution in [0.4, 0.5) is 0 Å². The van der Waals surface area contributed by atoms with Crippen molar-refractivity contribution in [3.05, 3.63) is 76.3 Å². The van der Waals surface area contributed by atoms with E-state index in [1.807, 2.05) is 39.6 Å². The number of amides is 1. The number of rotatable bonds is 7. The summed E-state index contributed by atoms with van der Waals surface area (Å²) in [5.74, 6) is 1.37. The summed E-state index contributed by atoms with van der Waals surface area (Å²) in [5, 5.41) is 9.40. The minimum atomic E-state index is -0.0769. The highest BCUT2D eigenvalue weighted by atomic mass is 16.5. The van der Waals surface area contributed by atoms with Crippen molar-refractivity contribution in [2.45, 2.75) is 25.8 Å². The van der Waals surface area contributed by atoms with Crippen molar-refractivity contribution in [2.24, 2.45) is 5.92 Å². The molecule has 9 nitrogen and oxygen atoms in total. The van der Waals surface area contributed by atoms with Crippen molar-refractivity contribution in [1.29, 1.82) is 0 Å². The smallest absolute Gasteiger partial charge is 0.262 e. The van der Waals surface area contributed by atoms with Crippen molar-refractivity contribution in [2.75, 3.05) is 45.9 Å². The Morgan fingerprint density at radius 1 is 0.973 bits per heavy atom. The summed E-state index contributed by atoms with van der Waals surface area (Å²) in [5.41, 5.74) is 2.00. The molecular weight excluding hydrogens is 468 g/mol. The van der Waals surface area contributed by atoms with Crippen LogP contribution in [-0.2, 0) is 28.9 Å². The van der Waals surface area contributed by atoms with Gasteiger partial charge in [0.05, 0.1) is 23.9 Å². The number of para-hydroxylation sites is 1. The van der Waals surface area contributed by atoms with Gasteiger partial charge in [-0.2, -0.15) is 0 Å². The second-order valence-electron chi connectivity index (χ2n) is 10.0. The summed E-state index contributed by atoms with van der Waals surface area (Å²) in [6.07, 6.45) is 2.09. The van der Waals surface area contributed by atoms with Crippen molar-refractivity contribution >= 4 is 22.6 Å². The van der Waals surface area contributed by atoms with Gasteiger partial charge in [-0.25, -0.2) is 0 Å². The van der Waals surface area contributed by atoms with Gasteiger partial charge in [-0.15, -0.1) is 10.2 Å². The lowest BCUT2D eigenvalue weighted by atomic mass is 10.1. The predicted molar refractivity (Wildman–Crippen MR) is 141 cm³/mol. The van der Waals surface area contributed by atoms with Crippen LogP contribution < -0.4 is 5.56 Å². The van der Waals surface area contributed by atoms with Crippen LogP contribution in [0.2, 0.25) is 0 Å². The van der Waals surface area contributed by atoms with Crippen LogP contribution in [-0.4, -0.2) is 80.8 Å². The molecule has 2 saturated heterocycles.